The molecule has 6 nitrogen and oxygen atoms in total. The van der Waals surface area contributed by atoms with Crippen LogP contribution in [0.5, 0.6) is 0 Å². The predicted octanol–water partition coefficient (Wildman–Crippen LogP) is 4.90. The van der Waals surface area contributed by atoms with E-state index in [0.29, 0.717) is 0 Å². The fourth-order valence-corrected chi connectivity index (χ4v) is 5.67. The third-order valence-electron chi connectivity index (χ3n) is 6.12. The molecule has 0 atom stereocenters. The van der Waals surface area contributed by atoms with E-state index in [1.54, 1.807) is 23.5 Å². The zero-order valence-corrected chi connectivity index (χ0v) is 21.1. The summed E-state index contributed by atoms with van der Waals surface area (Å²) in [6.07, 6.45) is 2.25. The Morgan fingerprint density at radius 2 is 1.64 bits per heavy atom. The van der Waals surface area contributed by atoms with Crippen LogP contribution in [0.4, 0.5) is 5.13 Å². The summed E-state index contributed by atoms with van der Waals surface area (Å²) in [4.78, 5) is 7.32. The van der Waals surface area contributed by atoms with Crippen LogP contribution in [0.15, 0.2) is 64.9 Å². The van der Waals surface area contributed by atoms with Gasteiger partial charge in [-0.2, -0.15) is 8.42 Å². The molecule has 1 aliphatic rings. The molecular weight excluding hydrogens is 454 g/mol. The van der Waals surface area contributed by atoms with Crippen molar-refractivity contribution in [2.24, 2.45) is 0 Å². The molecule has 8 heteroatoms. The molecule has 0 saturated carbocycles. The average Bonchev–Trinajstić information content (AvgIpc) is 3.32. The molecule has 0 unspecified atom stereocenters. The van der Waals surface area contributed by atoms with E-state index >= 15 is 0 Å². The first-order valence-electron chi connectivity index (χ1n) is 11.3. The van der Waals surface area contributed by atoms with Crippen molar-refractivity contribution >= 4 is 26.6 Å². The lowest BCUT2D eigenvalue weighted by atomic mass is 9.71. The van der Waals surface area contributed by atoms with Crippen LogP contribution in [0, 0.1) is 6.92 Å². The SMILES string of the molecule is CCN(CC)c1nc(C2(c3ccccc3)CCNCC2)cs1.Cc1ccc(S(=O)(=O)O)cc1. The molecular formula is C25H33N3O3S2. The Hall–Kier alpha value is -2.26. The standard InChI is InChI=1S/C18H25N3S.C7H8O3S/c1-3-21(4-2)17-20-16(14-22-17)18(10-12-19-13-11-18)15-8-6-5-7-9-15;1-6-2-4-7(5-3-6)11(8,9)10/h5-9,14,19H,3-4,10-13H2,1-2H3;2-5H,1H3,(H,8,9,10). The lowest BCUT2D eigenvalue weighted by Gasteiger charge is -2.37. The summed E-state index contributed by atoms with van der Waals surface area (Å²) >= 11 is 1.79. The Labute approximate surface area is 201 Å². The van der Waals surface area contributed by atoms with Gasteiger partial charge in [-0.25, -0.2) is 4.98 Å². The van der Waals surface area contributed by atoms with Crippen LogP contribution in [-0.2, 0) is 15.5 Å². The molecule has 2 N–H and O–H groups in total. The van der Waals surface area contributed by atoms with Gasteiger partial charge in [0, 0.05) is 23.9 Å². The van der Waals surface area contributed by atoms with Crippen molar-refractivity contribution in [1.82, 2.24) is 10.3 Å². The van der Waals surface area contributed by atoms with Crippen molar-refractivity contribution < 1.29 is 13.0 Å². The maximum absolute atomic E-state index is 10.5. The molecule has 2 aromatic carbocycles. The number of rotatable bonds is 6. The minimum atomic E-state index is -4.02. The minimum Gasteiger partial charge on any atom is -0.349 e. The highest BCUT2D eigenvalue weighted by Gasteiger charge is 2.38. The van der Waals surface area contributed by atoms with E-state index in [2.05, 4.69) is 59.8 Å². The van der Waals surface area contributed by atoms with Crippen LogP contribution >= 0.6 is 11.3 Å². The third kappa shape index (κ3) is 6.20. The summed E-state index contributed by atoms with van der Waals surface area (Å²) in [5.41, 5.74) is 3.70. The number of benzene rings is 2. The van der Waals surface area contributed by atoms with E-state index in [9.17, 15) is 8.42 Å². The van der Waals surface area contributed by atoms with Crippen molar-refractivity contribution in [3.63, 3.8) is 0 Å². The zero-order valence-electron chi connectivity index (χ0n) is 19.5. The van der Waals surface area contributed by atoms with E-state index in [4.69, 9.17) is 9.54 Å². The van der Waals surface area contributed by atoms with Gasteiger partial charge in [0.1, 0.15) is 0 Å². The Morgan fingerprint density at radius 1 is 1.03 bits per heavy atom. The van der Waals surface area contributed by atoms with Crippen LogP contribution in [-0.4, -0.2) is 44.1 Å². The van der Waals surface area contributed by atoms with E-state index in [0.717, 1.165) is 49.7 Å². The quantitative estimate of drug-likeness (QED) is 0.481. The van der Waals surface area contributed by atoms with Gasteiger partial charge in [-0.3, -0.25) is 4.55 Å². The number of piperidine rings is 1. The van der Waals surface area contributed by atoms with Gasteiger partial charge in [0.25, 0.3) is 10.1 Å². The van der Waals surface area contributed by atoms with Crippen LogP contribution in [0.2, 0.25) is 0 Å². The van der Waals surface area contributed by atoms with Crippen molar-refractivity contribution in [3.8, 4) is 0 Å². The van der Waals surface area contributed by atoms with Crippen LogP contribution in [0.3, 0.4) is 0 Å². The summed E-state index contributed by atoms with van der Waals surface area (Å²) in [7, 11) is -4.02. The first-order valence-corrected chi connectivity index (χ1v) is 13.6. The highest BCUT2D eigenvalue weighted by molar-refractivity contribution is 7.85. The lowest BCUT2D eigenvalue weighted by Crippen LogP contribution is -2.41. The van der Waals surface area contributed by atoms with Crippen molar-refractivity contribution in [1.29, 1.82) is 0 Å². The van der Waals surface area contributed by atoms with Crippen LogP contribution < -0.4 is 10.2 Å². The highest BCUT2D eigenvalue weighted by Crippen LogP contribution is 2.41. The predicted molar refractivity (Wildman–Crippen MR) is 136 cm³/mol. The molecule has 178 valence electrons. The van der Waals surface area contributed by atoms with Gasteiger partial charge in [-0.15, -0.1) is 11.3 Å². The number of hydrogen-bond acceptors (Lipinski definition) is 6. The van der Waals surface area contributed by atoms with Gasteiger partial charge in [0.15, 0.2) is 5.13 Å². The maximum atomic E-state index is 10.5. The van der Waals surface area contributed by atoms with E-state index in [-0.39, 0.29) is 10.3 Å². The normalized spacial score (nSPS) is 15.4. The second-order valence-corrected chi connectivity index (χ2v) is 10.4. The van der Waals surface area contributed by atoms with E-state index in [1.807, 2.05) is 6.92 Å². The molecule has 0 aliphatic carbocycles. The molecule has 33 heavy (non-hydrogen) atoms. The van der Waals surface area contributed by atoms with Gasteiger partial charge in [-0.05, 0) is 64.4 Å². The van der Waals surface area contributed by atoms with Gasteiger partial charge in [-0.1, -0.05) is 48.0 Å². The summed E-state index contributed by atoms with van der Waals surface area (Å²) in [5, 5.41) is 6.94. The summed E-state index contributed by atoms with van der Waals surface area (Å²) < 4.78 is 29.6. The number of nitrogens with one attached hydrogen (secondary N) is 1. The second-order valence-electron chi connectivity index (χ2n) is 8.17. The topological polar surface area (TPSA) is 82.5 Å². The first-order chi connectivity index (χ1) is 15.8. The molecule has 0 radical (unpaired) electrons. The summed E-state index contributed by atoms with van der Waals surface area (Å²) in [6.45, 7) is 10.4. The molecule has 0 spiro atoms. The Balaban J connectivity index is 0.000000235. The van der Waals surface area contributed by atoms with Crippen LogP contribution in [0.1, 0.15) is 43.5 Å². The van der Waals surface area contributed by atoms with Crippen molar-refractivity contribution in [2.75, 3.05) is 31.1 Å². The molecule has 1 aliphatic heterocycles. The summed E-state index contributed by atoms with van der Waals surface area (Å²) in [6, 6.07) is 16.9. The molecule has 1 fully saturated rings. The second kappa shape index (κ2) is 11.2. The number of nitrogens with zero attached hydrogens (tertiary/aromatic N) is 2. The fourth-order valence-electron chi connectivity index (χ4n) is 4.14. The maximum Gasteiger partial charge on any atom is 0.294 e. The Bertz CT molecular complexity index is 1100. The number of aromatic nitrogens is 1. The van der Waals surface area contributed by atoms with Gasteiger partial charge >= 0.3 is 0 Å². The molecule has 4 rings (SSSR count). The molecule has 1 aromatic heterocycles. The highest BCUT2D eigenvalue weighted by atomic mass is 32.2. The number of aryl methyl sites for hydroxylation is 1. The van der Waals surface area contributed by atoms with E-state index in [1.165, 1.54) is 23.4 Å². The largest absolute Gasteiger partial charge is 0.349 e. The molecule has 2 heterocycles. The van der Waals surface area contributed by atoms with Gasteiger partial charge in [0.2, 0.25) is 0 Å². The fraction of sp³-hybridized carbons (Fsp3) is 0.400. The molecule has 1 saturated heterocycles. The number of hydrogen-bond donors (Lipinski definition) is 2. The monoisotopic (exact) mass is 487 g/mol. The smallest absolute Gasteiger partial charge is 0.294 e. The van der Waals surface area contributed by atoms with E-state index < -0.39 is 10.1 Å². The average molecular weight is 488 g/mol. The minimum absolute atomic E-state index is 0.0666. The zero-order chi connectivity index (χ0) is 23.9. The number of thiazole rings is 1. The first kappa shape index (κ1) is 25.4. The molecule has 0 amide bonds. The number of anilines is 1. The lowest BCUT2D eigenvalue weighted by molar-refractivity contribution is 0.355. The van der Waals surface area contributed by atoms with Crippen molar-refractivity contribution in [2.45, 2.75) is 43.9 Å². The Morgan fingerprint density at radius 3 is 2.18 bits per heavy atom. The van der Waals surface area contributed by atoms with Gasteiger partial charge < -0.3 is 10.2 Å². The molecule has 3 aromatic rings. The molecule has 0 bridgehead atoms. The third-order valence-corrected chi connectivity index (χ3v) is 7.89. The Kier molecular flexibility index (Phi) is 8.64. The van der Waals surface area contributed by atoms with Crippen molar-refractivity contribution in [3.05, 3.63) is 76.8 Å². The van der Waals surface area contributed by atoms with Gasteiger partial charge in [0.05, 0.1) is 10.6 Å². The summed E-state index contributed by atoms with van der Waals surface area (Å²) in [5.74, 6) is 0. The van der Waals surface area contributed by atoms with Crippen LogP contribution in [0.25, 0.3) is 0 Å².